The quantitative estimate of drug-likeness (QED) is 0.790. The fourth-order valence-electron chi connectivity index (χ4n) is 3.89. The van der Waals surface area contributed by atoms with Gasteiger partial charge in [0.1, 0.15) is 0 Å². The lowest BCUT2D eigenvalue weighted by Crippen LogP contribution is -2.41. The summed E-state index contributed by atoms with van der Waals surface area (Å²) in [5.41, 5.74) is 0. The smallest absolute Gasteiger partial charge is 0.378 e. The Morgan fingerprint density at radius 3 is 2.62 bits per heavy atom. The van der Waals surface area contributed by atoms with Gasteiger partial charge in [-0.1, -0.05) is 13.3 Å². The molecular weight excluding hydrogens is 279 g/mol. The average Bonchev–Trinajstić information content (AvgIpc) is 2.96. The Morgan fingerprint density at radius 2 is 2.00 bits per heavy atom. The number of nitrogens with one attached hydrogen (secondary N) is 1. The molecule has 5 heteroatoms. The van der Waals surface area contributed by atoms with Crippen LogP contribution in [-0.2, 0) is 4.74 Å². The van der Waals surface area contributed by atoms with Crippen molar-refractivity contribution in [2.75, 3.05) is 13.2 Å². The highest BCUT2D eigenvalue weighted by atomic mass is 19.4. The van der Waals surface area contributed by atoms with Gasteiger partial charge in [-0.25, -0.2) is 0 Å². The van der Waals surface area contributed by atoms with Crippen LogP contribution in [0.15, 0.2) is 0 Å². The fourth-order valence-corrected chi connectivity index (χ4v) is 3.89. The van der Waals surface area contributed by atoms with Gasteiger partial charge in [-0.3, -0.25) is 0 Å². The second-order valence-electron chi connectivity index (χ2n) is 6.54. The Hall–Kier alpha value is -0.290. The maximum absolute atomic E-state index is 13.0. The van der Waals surface area contributed by atoms with E-state index in [-0.39, 0.29) is 12.0 Å². The molecule has 0 spiro atoms. The Kier molecular flexibility index (Phi) is 6.35. The van der Waals surface area contributed by atoms with Crippen molar-refractivity contribution >= 4 is 0 Å². The molecule has 1 saturated carbocycles. The van der Waals surface area contributed by atoms with Gasteiger partial charge in [0.05, 0.1) is 12.0 Å². The summed E-state index contributed by atoms with van der Waals surface area (Å²) in [6.45, 7) is 3.70. The van der Waals surface area contributed by atoms with Crippen LogP contribution in [0.2, 0.25) is 0 Å². The molecule has 0 amide bonds. The first kappa shape index (κ1) is 17.1. The largest absolute Gasteiger partial charge is 0.391 e. The molecule has 2 aliphatic rings. The van der Waals surface area contributed by atoms with E-state index in [0.29, 0.717) is 25.4 Å². The van der Waals surface area contributed by atoms with Crippen molar-refractivity contribution in [3.05, 3.63) is 0 Å². The highest BCUT2D eigenvalue weighted by Gasteiger charge is 2.43. The van der Waals surface area contributed by atoms with Crippen LogP contribution >= 0.6 is 0 Å². The molecule has 1 N–H and O–H groups in total. The van der Waals surface area contributed by atoms with E-state index in [0.717, 1.165) is 45.3 Å². The number of hydrogen-bond acceptors (Lipinski definition) is 2. The number of halogens is 3. The van der Waals surface area contributed by atoms with Gasteiger partial charge in [-0.2, -0.15) is 13.2 Å². The van der Waals surface area contributed by atoms with Crippen molar-refractivity contribution in [3.63, 3.8) is 0 Å². The van der Waals surface area contributed by atoms with E-state index in [9.17, 15) is 13.2 Å². The highest BCUT2D eigenvalue weighted by molar-refractivity contribution is 4.85. The summed E-state index contributed by atoms with van der Waals surface area (Å²) in [4.78, 5) is 0. The van der Waals surface area contributed by atoms with Crippen molar-refractivity contribution in [1.82, 2.24) is 5.32 Å². The summed E-state index contributed by atoms with van der Waals surface area (Å²) in [5, 5.41) is 3.43. The average molecular weight is 307 g/mol. The van der Waals surface area contributed by atoms with Gasteiger partial charge in [0.2, 0.25) is 0 Å². The number of rotatable bonds is 6. The molecule has 0 aromatic rings. The van der Waals surface area contributed by atoms with E-state index in [2.05, 4.69) is 5.32 Å². The number of hydrogen-bond donors (Lipinski definition) is 1. The molecule has 1 heterocycles. The third kappa shape index (κ3) is 5.13. The SMILES string of the molecule is CCNC(CCC1CCCO1)C1CCCC(C(F)(F)F)C1. The monoisotopic (exact) mass is 307 g/mol. The summed E-state index contributed by atoms with van der Waals surface area (Å²) in [6.07, 6.45) is 2.69. The molecule has 0 radical (unpaired) electrons. The van der Waals surface area contributed by atoms with Crippen molar-refractivity contribution in [2.24, 2.45) is 11.8 Å². The molecule has 2 rings (SSSR count). The molecule has 0 aromatic carbocycles. The lowest BCUT2D eigenvalue weighted by atomic mass is 9.76. The summed E-state index contributed by atoms with van der Waals surface area (Å²) in [7, 11) is 0. The zero-order valence-electron chi connectivity index (χ0n) is 12.9. The molecule has 4 unspecified atom stereocenters. The summed E-state index contributed by atoms with van der Waals surface area (Å²) < 4.78 is 44.5. The lowest BCUT2D eigenvalue weighted by Gasteiger charge is -2.36. The van der Waals surface area contributed by atoms with Crippen LogP contribution in [0.3, 0.4) is 0 Å². The normalized spacial score (nSPS) is 32.3. The first-order chi connectivity index (χ1) is 10.0. The number of alkyl halides is 3. The maximum atomic E-state index is 13.0. The molecule has 4 atom stereocenters. The summed E-state index contributed by atoms with van der Waals surface area (Å²) >= 11 is 0. The molecule has 2 fully saturated rings. The first-order valence-corrected chi connectivity index (χ1v) is 8.42. The van der Waals surface area contributed by atoms with E-state index < -0.39 is 12.1 Å². The molecule has 124 valence electrons. The van der Waals surface area contributed by atoms with Crippen LogP contribution in [0, 0.1) is 11.8 Å². The van der Waals surface area contributed by atoms with Gasteiger partial charge >= 0.3 is 6.18 Å². The molecule has 1 aliphatic carbocycles. The van der Waals surface area contributed by atoms with Crippen molar-refractivity contribution in [2.45, 2.75) is 76.6 Å². The first-order valence-electron chi connectivity index (χ1n) is 8.42. The topological polar surface area (TPSA) is 21.3 Å². The Balaban J connectivity index is 1.86. The summed E-state index contributed by atoms with van der Waals surface area (Å²) in [5.74, 6) is -0.938. The molecule has 2 nitrogen and oxygen atoms in total. The standard InChI is InChI=1S/C16H28F3NO/c1-2-20-15(9-8-14-7-4-10-21-14)12-5-3-6-13(11-12)16(17,18)19/h12-15,20H,2-11H2,1H3. The molecule has 1 aliphatic heterocycles. The summed E-state index contributed by atoms with van der Waals surface area (Å²) in [6, 6.07) is 0.212. The highest BCUT2D eigenvalue weighted by Crippen LogP contribution is 2.41. The van der Waals surface area contributed by atoms with E-state index in [1.54, 1.807) is 0 Å². The third-order valence-electron chi connectivity index (χ3n) is 5.04. The van der Waals surface area contributed by atoms with E-state index in [4.69, 9.17) is 4.74 Å². The zero-order valence-corrected chi connectivity index (χ0v) is 12.9. The van der Waals surface area contributed by atoms with Crippen molar-refractivity contribution < 1.29 is 17.9 Å². The fraction of sp³-hybridized carbons (Fsp3) is 1.00. The Morgan fingerprint density at radius 1 is 1.19 bits per heavy atom. The van der Waals surface area contributed by atoms with E-state index in [1.165, 1.54) is 0 Å². The minimum Gasteiger partial charge on any atom is -0.378 e. The van der Waals surface area contributed by atoms with E-state index >= 15 is 0 Å². The van der Waals surface area contributed by atoms with Gasteiger partial charge in [-0.05, 0) is 57.4 Å². The molecule has 0 bridgehead atoms. The predicted octanol–water partition coefficient (Wildman–Crippen LogP) is 4.29. The second-order valence-corrected chi connectivity index (χ2v) is 6.54. The van der Waals surface area contributed by atoms with Crippen molar-refractivity contribution in [1.29, 1.82) is 0 Å². The predicted molar refractivity (Wildman–Crippen MR) is 77.2 cm³/mol. The van der Waals surface area contributed by atoms with Crippen LogP contribution in [-0.4, -0.2) is 31.5 Å². The van der Waals surface area contributed by atoms with Crippen LogP contribution in [0.4, 0.5) is 13.2 Å². The Bertz CT molecular complexity index is 302. The molecule has 21 heavy (non-hydrogen) atoms. The van der Waals surface area contributed by atoms with Crippen LogP contribution in [0.25, 0.3) is 0 Å². The minimum absolute atomic E-state index is 0.159. The van der Waals surface area contributed by atoms with Crippen LogP contribution in [0.1, 0.15) is 58.3 Å². The van der Waals surface area contributed by atoms with Gasteiger partial charge < -0.3 is 10.1 Å². The third-order valence-corrected chi connectivity index (χ3v) is 5.04. The zero-order chi connectivity index (χ0) is 15.3. The lowest BCUT2D eigenvalue weighted by molar-refractivity contribution is -0.186. The van der Waals surface area contributed by atoms with Gasteiger partial charge in [0.15, 0.2) is 0 Å². The molecular formula is C16H28F3NO. The maximum Gasteiger partial charge on any atom is 0.391 e. The minimum atomic E-state index is -4.02. The van der Waals surface area contributed by atoms with Crippen LogP contribution < -0.4 is 5.32 Å². The number of ether oxygens (including phenoxy) is 1. The van der Waals surface area contributed by atoms with Gasteiger partial charge in [0.25, 0.3) is 0 Å². The van der Waals surface area contributed by atoms with Crippen molar-refractivity contribution in [3.8, 4) is 0 Å². The van der Waals surface area contributed by atoms with Crippen LogP contribution in [0.5, 0.6) is 0 Å². The van der Waals surface area contributed by atoms with E-state index in [1.807, 2.05) is 6.92 Å². The molecule has 1 saturated heterocycles. The molecule has 0 aromatic heterocycles. The second kappa shape index (κ2) is 7.82. The van der Waals surface area contributed by atoms with Gasteiger partial charge in [0, 0.05) is 12.6 Å². The Labute approximate surface area is 125 Å². The van der Waals surface area contributed by atoms with Gasteiger partial charge in [-0.15, -0.1) is 0 Å².